The third kappa shape index (κ3) is 5.05. The van der Waals surface area contributed by atoms with E-state index < -0.39 is 0 Å². The molecule has 2 saturated heterocycles. The summed E-state index contributed by atoms with van der Waals surface area (Å²) in [5.41, 5.74) is 2.93. The van der Waals surface area contributed by atoms with Gasteiger partial charge in [-0.3, -0.25) is 4.90 Å². The van der Waals surface area contributed by atoms with Gasteiger partial charge in [-0.2, -0.15) is 0 Å². The van der Waals surface area contributed by atoms with E-state index in [2.05, 4.69) is 52.9 Å². The van der Waals surface area contributed by atoms with Crippen LogP contribution >= 0.6 is 0 Å². The summed E-state index contributed by atoms with van der Waals surface area (Å²) in [5, 5.41) is 0. The summed E-state index contributed by atoms with van der Waals surface area (Å²) >= 11 is 0. The van der Waals surface area contributed by atoms with E-state index in [4.69, 9.17) is 0 Å². The van der Waals surface area contributed by atoms with Gasteiger partial charge in [-0.05, 0) is 50.4 Å². The zero-order valence-electron chi connectivity index (χ0n) is 15.7. The van der Waals surface area contributed by atoms with Crippen molar-refractivity contribution in [1.82, 2.24) is 14.7 Å². The maximum atomic E-state index is 2.69. The van der Waals surface area contributed by atoms with Crippen LogP contribution in [0, 0.1) is 0 Å². The van der Waals surface area contributed by atoms with Crippen LogP contribution in [0.25, 0.3) is 0 Å². The Morgan fingerprint density at radius 3 is 2.21 bits per heavy atom. The summed E-state index contributed by atoms with van der Waals surface area (Å²) in [6.45, 7) is 11.0. The highest BCUT2D eigenvalue weighted by Gasteiger charge is 2.24. The molecule has 1 aromatic rings. The number of piperazine rings is 1. The number of piperidine rings is 1. The molecule has 3 heteroatoms. The Bertz CT molecular complexity index is 476. The lowest BCUT2D eigenvalue weighted by atomic mass is 10.0. The molecule has 2 fully saturated rings. The Morgan fingerprint density at radius 2 is 1.54 bits per heavy atom. The fourth-order valence-electron chi connectivity index (χ4n) is 4.10. The number of likely N-dealkylation sites (tertiary alicyclic amines) is 1. The van der Waals surface area contributed by atoms with Crippen LogP contribution in [0.4, 0.5) is 0 Å². The van der Waals surface area contributed by atoms with Crippen LogP contribution in [0.3, 0.4) is 0 Å². The molecule has 0 bridgehead atoms. The van der Waals surface area contributed by atoms with Gasteiger partial charge in [0, 0.05) is 45.3 Å². The molecule has 3 rings (SSSR count). The summed E-state index contributed by atoms with van der Waals surface area (Å²) in [6, 6.07) is 9.99. The number of hydrogen-bond donors (Lipinski definition) is 0. The van der Waals surface area contributed by atoms with Crippen molar-refractivity contribution in [1.29, 1.82) is 0 Å². The van der Waals surface area contributed by atoms with Crippen LogP contribution in [-0.2, 0) is 12.8 Å². The summed E-state index contributed by atoms with van der Waals surface area (Å²) < 4.78 is 0. The molecule has 1 aromatic carbocycles. The second-order valence-corrected chi connectivity index (χ2v) is 7.69. The average molecular weight is 330 g/mol. The zero-order valence-corrected chi connectivity index (χ0v) is 15.7. The van der Waals surface area contributed by atoms with Crippen LogP contribution in [0.2, 0.25) is 0 Å². The lowest BCUT2D eigenvalue weighted by Crippen LogP contribution is -2.52. The van der Waals surface area contributed by atoms with Crippen molar-refractivity contribution in [3.05, 3.63) is 35.4 Å². The normalized spacial score (nSPS) is 24.3. The van der Waals surface area contributed by atoms with Crippen molar-refractivity contribution in [2.75, 3.05) is 52.9 Å². The van der Waals surface area contributed by atoms with Crippen LogP contribution in [0.5, 0.6) is 0 Å². The highest BCUT2D eigenvalue weighted by molar-refractivity contribution is 5.22. The molecular weight excluding hydrogens is 294 g/mol. The standard InChI is InChI=1S/C21H35N3/c1-3-19-7-9-20(10-8-19)11-13-23-14-16-24(17-15-23)18-21-6-4-5-12-22(21)2/h7-10,21H,3-6,11-18H2,1-2H3/t21-/m0/s1. The van der Waals surface area contributed by atoms with E-state index in [0.29, 0.717) is 0 Å². The second kappa shape index (κ2) is 8.98. The van der Waals surface area contributed by atoms with E-state index in [1.54, 1.807) is 0 Å². The van der Waals surface area contributed by atoms with E-state index in [0.717, 1.165) is 12.5 Å². The summed E-state index contributed by atoms with van der Waals surface area (Å²) in [4.78, 5) is 7.92. The Balaban J connectivity index is 1.37. The average Bonchev–Trinajstić information content (AvgIpc) is 2.63. The third-order valence-corrected chi connectivity index (χ3v) is 6.00. The topological polar surface area (TPSA) is 9.72 Å². The lowest BCUT2D eigenvalue weighted by molar-refractivity contribution is 0.0850. The highest BCUT2D eigenvalue weighted by atomic mass is 15.3. The summed E-state index contributed by atoms with van der Waals surface area (Å²) in [7, 11) is 2.31. The Kier molecular flexibility index (Phi) is 6.70. The maximum absolute atomic E-state index is 2.69. The Labute approximate surface area is 148 Å². The molecule has 1 atom stereocenters. The number of aryl methyl sites for hydroxylation is 1. The van der Waals surface area contributed by atoms with Crippen molar-refractivity contribution in [2.24, 2.45) is 0 Å². The molecule has 2 aliphatic rings. The van der Waals surface area contributed by atoms with E-state index >= 15 is 0 Å². The minimum Gasteiger partial charge on any atom is -0.302 e. The Hall–Kier alpha value is -0.900. The SMILES string of the molecule is CCc1ccc(CCN2CCN(C[C@@H]3CCCCN3C)CC2)cc1. The smallest absolute Gasteiger partial charge is 0.0220 e. The van der Waals surface area contributed by atoms with Crippen LogP contribution in [0.15, 0.2) is 24.3 Å². The first-order chi connectivity index (χ1) is 11.7. The largest absolute Gasteiger partial charge is 0.302 e. The molecule has 134 valence electrons. The van der Waals surface area contributed by atoms with E-state index in [1.807, 2.05) is 0 Å². The molecule has 3 nitrogen and oxygen atoms in total. The molecule has 0 aliphatic carbocycles. The molecule has 0 saturated carbocycles. The van der Waals surface area contributed by atoms with Gasteiger partial charge in [0.1, 0.15) is 0 Å². The molecule has 2 heterocycles. The van der Waals surface area contributed by atoms with Crippen LogP contribution < -0.4 is 0 Å². The van der Waals surface area contributed by atoms with Crippen molar-refractivity contribution >= 4 is 0 Å². The molecule has 0 spiro atoms. The summed E-state index contributed by atoms with van der Waals surface area (Å²) in [6.07, 6.45) is 6.53. The number of hydrogen-bond acceptors (Lipinski definition) is 3. The van der Waals surface area contributed by atoms with Gasteiger partial charge >= 0.3 is 0 Å². The number of likely N-dealkylation sites (N-methyl/N-ethyl adjacent to an activating group) is 1. The molecule has 0 aromatic heterocycles. The van der Waals surface area contributed by atoms with Crippen LogP contribution in [0.1, 0.15) is 37.3 Å². The maximum Gasteiger partial charge on any atom is 0.0220 e. The molecule has 0 unspecified atom stereocenters. The predicted molar refractivity (Wildman–Crippen MR) is 103 cm³/mol. The number of rotatable bonds is 6. The van der Waals surface area contributed by atoms with Crippen molar-refractivity contribution in [2.45, 2.75) is 45.1 Å². The first kappa shape index (κ1) is 17.9. The molecule has 0 amide bonds. The van der Waals surface area contributed by atoms with Crippen molar-refractivity contribution < 1.29 is 0 Å². The third-order valence-electron chi connectivity index (χ3n) is 6.00. The zero-order chi connectivity index (χ0) is 16.8. The minimum atomic E-state index is 0.794. The second-order valence-electron chi connectivity index (χ2n) is 7.69. The quantitative estimate of drug-likeness (QED) is 0.794. The fraction of sp³-hybridized carbons (Fsp3) is 0.714. The Morgan fingerprint density at radius 1 is 0.875 bits per heavy atom. The molecule has 0 radical (unpaired) electrons. The molecule has 24 heavy (non-hydrogen) atoms. The summed E-state index contributed by atoms with van der Waals surface area (Å²) in [5.74, 6) is 0. The first-order valence-corrected chi connectivity index (χ1v) is 9.97. The van der Waals surface area contributed by atoms with Gasteiger partial charge in [0.15, 0.2) is 0 Å². The van der Waals surface area contributed by atoms with E-state index in [1.165, 1.54) is 82.6 Å². The molecule has 0 N–H and O–H groups in total. The van der Waals surface area contributed by atoms with Gasteiger partial charge in [-0.25, -0.2) is 0 Å². The number of nitrogens with zero attached hydrogens (tertiary/aromatic N) is 3. The van der Waals surface area contributed by atoms with Gasteiger partial charge in [0.05, 0.1) is 0 Å². The monoisotopic (exact) mass is 329 g/mol. The number of benzene rings is 1. The minimum absolute atomic E-state index is 0.794. The van der Waals surface area contributed by atoms with E-state index in [-0.39, 0.29) is 0 Å². The van der Waals surface area contributed by atoms with Crippen molar-refractivity contribution in [3.63, 3.8) is 0 Å². The molecular formula is C21H35N3. The van der Waals surface area contributed by atoms with Gasteiger partial charge in [-0.1, -0.05) is 37.6 Å². The van der Waals surface area contributed by atoms with Gasteiger partial charge in [0.25, 0.3) is 0 Å². The fourth-order valence-corrected chi connectivity index (χ4v) is 4.10. The highest BCUT2D eigenvalue weighted by Crippen LogP contribution is 2.17. The lowest BCUT2D eigenvalue weighted by Gasteiger charge is -2.40. The van der Waals surface area contributed by atoms with Gasteiger partial charge in [-0.15, -0.1) is 0 Å². The predicted octanol–water partition coefficient (Wildman–Crippen LogP) is 2.89. The van der Waals surface area contributed by atoms with Gasteiger partial charge < -0.3 is 9.80 Å². The van der Waals surface area contributed by atoms with Gasteiger partial charge in [0.2, 0.25) is 0 Å². The molecule has 2 aliphatic heterocycles. The van der Waals surface area contributed by atoms with Crippen molar-refractivity contribution in [3.8, 4) is 0 Å². The van der Waals surface area contributed by atoms with Crippen LogP contribution in [-0.4, -0.2) is 73.6 Å². The van der Waals surface area contributed by atoms with E-state index in [9.17, 15) is 0 Å². The first-order valence-electron chi connectivity index (χ1n) is 9.97.